The summed E-state index contributed by atoms with van der Waals surface area (Å²) in [5.74, 6) is 1.42. The Balaban J connectivity index is 1.47. The highest BCUT2D eigenvalue weighted by Gasteiger charge is 2.37. The number of carbonyl (C=O) groups excluding carboxylic acids is 1. The van der Waals surface area contributed by atoms with Crippen molar-refractivity contribution >= 4 is 23.1 Å². The number of hydrogen-bond acceptors (Lipinski definition) is 7. The number of nitrogen functional groups attached to an aromatic ring is 1. The number of nitrogens with zero attached hydrogens (tertiary/aromatic N) is 3. The lowest BCUT2D eigenvalue weighted by molar-refractivity contribution is -0.136. The molecule has 1 aromatic rings. The van der Waals surface area contributed by atoms with Gasteiger partial charge >= 0.3 is 0 Å². The number of nitrogens with one attached hydrogen (secondary N) is 1. The molecule has 2 heterocycles. The highest BCUT2D eigenvalue weighted by molar-refractivity contribution is 6.11. The minimum Gasteiger partial charge on any atom is -0.463 e. The molecule has 1 amide bonds. The average Bonchev–Trinajstić information content (AvgIpc) is 2.74. The van der Waals surface area contributed by atoms with Gasteiger partial charge in [-0.2, -0.15) is 4.98 Å². The summed E-state index contributed by atoms with van der Waals surface area (Å²) in [4.78, 5) is 25.4. The van der Waals surface area contributed by atoms with Gasteiger partial charge in [0.15, 0.2) is 11.5 Å². The molecule has 4 N–H and O–H groups in total. The van der Waals surface area contributed by atoms with Gasteiger partial charge in [0.2, 0.25) is 5.88 Å². The van der Waals surface area contributed by atoms with Crippen LogP contribution in [0.4, 0.5) is 11.5 Å². The maximum Gasteiger partial charge on any atom is 0.251 e. The fraction of sp³-hybridized carbons (Fsp3) is 0.556. The Morgan fingerprint density at radius 2 is 2.00 bits per heavy atom. The molecule has 0 radical (unpaired) electrons. The van der Waals surface area contributed by atoms with Crippen molar-refractivity contribution in [1.29, 1.82) is 0 Å². The van der Waals surface area contributed by atoms with E-state index in [4.69, 9.17) is 15.5 Å². The van der Waals surface area contributed by atoms with Gasteiger partial charge in [-0.05, 0) is 83.6 Å². The number of allylic oxidation sites excluding steroid dienone is 5. The normalized spacial score (nSPS) is 28.9. The lowest BCUT2D eigenvalue weighted by Crippen LogP contribution is -2.44. The van der Waals surface area contributed by atoms with E-state index in [1.807, 2.05) is 13.8 Å². The number of aliphatic imine (C=N–C) groups is 1. The predicted octanol–water partition coefficient (Wildman–Crippen LogP) is 4.12. The third-order valence-electron chi connectivity index (χ3n) is 7.17. The summed E-state index contributed by atoms with van der Waals surface area (Å²) < 4.78 is 6.19. The summed E-state index contributed by atoms with van der Waals surface area (Å²) in [5.41, 5.74) is 6.50. The lowest BCUT2D eigenvalue weighted by Gasteiger charge is -2.38. The zero-order valence-electron chi connectivity index (χ0n) is 21.4. The number of nitrogens with two attached hydrogens (primary N) is 1. The van der Waals surface area contributed by atoms with Crippen molar-refractivity contribution in [2.75, 3.05) is 12.3 Å². The van der Waals surface area contributed by atoms with Crippen LogP contribution < -0.4 is 15.8 Å². The van der Waals surface area contributed by atoms with Crippen LogP contribution in [0.3, 0.4) is 0 Å². The number of hydrogen-bond donors (Lipinski definition) is 3. The van der Waals surface area contributed by atoms with E-state index >= 15 is 0 Å². The van der Waals surface area contributed by atoms with Crippen LogP contribution >= 0.6 is 0 Å². The first-order valence-electron chi connectivity index (χ1n) is 12.4. The Labute approximate surface area is 207 Å². The number of amides is 1. The van der Waals surface area contributed by atoms with E-state index < -0.39 is 11.2 Å². The monoisotopic (exact) mass is 479 g/mol. The average molecular weight is 480 g/mol. The molecule has 1 aliphatic heterocycles. The minimum absolute atomic E-state index is 0.123. The molecule has 188 valence electrons. The Morgan fingerprint density at radius 3 is 2.69 bits per heavy atom. The van der Waals surface area contributed by atoms with E-state index in [0.717, 1.165) is 43.4 Å². The summed E-state index contributed by atoms with van der Waals surface area (Å²) in [6.45, 7) is 9.40. The number of carbonyl (C=O) groups is 1. The second-order valence-corrected chi connectivity index (χ2v) is 11.0. The van der Waals surface area contributed by atoms with E-state index in [-0.39, 0.29) is 11.3 Å². The molecule has 4 rings (SSSR count). The summed E-state index contributed by atoms with van der Waals surface area (Å²) in [5, 5.41) is 12.7. The Hall–Kier alpha value is -3.00. The Kier molecular flexibility index (Phi) is 6.62. The summed E-state index contributed by atoms with van der Waals surface area (Å²) in [6.07, 6.45) is 16.1. The van der Waals surface area contributed by atoms with Crippen LogP contribution in [-0.4, -0.2) is 44.4 Å². The molecule has 1 fully saturated rings. The SMILES string of the molecule is Cc1nc(N)c2c(n1)OC(C)(C)C(C1=C\C=C\C3(C/C=C\1)CCC(CNC(=O)C(C)(C)O)CC3)=N2. The van der Waals surface area contributed by atoms with Crippen LogP contribution in [0.15, 0.2) is 40.9 Å². The third-order valence-corrected chi connectivity index (χ3v) is 7.17. The number of aryl methyl sites for hydroxylation is 1. The van der Waals surface area contributed by atoms with Crippen LogP contribution in [0.2, 0.25) is 0 Å². The number of aliphatic hydroxyl groups is 1. The number of rotatable bonds is 4. The van der Waals surface area contributed by atoms with Gasteiger partial charge in [-0.1, -0.05) is 30.4 Å². The van der Waals surface area contributed by atoms with Crippen molar-refractivity contribution in [2.24, 2.45) is 16.3 Å². The van der Waals surface area contributed by atoms with Crippen molar-refractivity contribution in [1.82, 2.24) is 15.3 Å². The first-order chi connectivity index (χ1) is 16.4. The van der Waals surface area contributed by atoms with E-state index in [1.165, 1.54) is 13.8 Å². The van der Waals surface area contributed by atoms with Gasteiger partial charge in [-0.3, -0.25) is 4.79 Å². The molecule has 1 saturated carbocycles. The zero-order valence-corrected chi connectivity index (χ0v) is 21.4. The lowest BCUT2D eigenvalue weighted by atomic mass is 9.68. The highest BCUT2D eigenvalue weighted by Crippen LogP contribution is 2.44. The fourth-order valence-electron chi connectivity index (χ4n) is 5.03. The first kappa shape index (κ1) is 25.1. The number of anilines is 1. The van der Waals surface area contributed by atoms with E-state index in [0.29, 0.717) is 35.7 Å². The Bertz CT molecular complexity index is 1120. The van der Waals surface area contributed by atoms with Crippen molar-refractivity contribution in [3.63, 3.8) is 0 Å². The van der Waals surface area contributed by atoms with Crippen LogP contribution in [0, 0.1) is 18.3 Å². The van der Waals surface area contributed by atoms with Gasteiger partial charge in [0.25, 0.3) is 5.91 Å². The van der Waals surface area contributed by atoms with Crippen LogP contribution in [0.5, 0.6) is 5.88 Å². The highest BCUT2D eigenvalue weighted by atomic mass is 16.5. The molecule has 35 heavy (non-hydrogen) atoms. The molecule has 0 unspecified atom stereocenters. The van der Waals surface area contributed by atoms with Gasteiger partial charge in [0.05, 0.1) is 5.71 Å². The second-order valence-electron chi connectivity index (χ2n) is 11.0. The largest absolute Gasteiger partial charge is 0.463 e. The summed E-state index contributed by atoms with van der Waals surface area (Å²) in [6, 6.07) is 0. The molecule has 0 aromatic carbocycles. The third kappa shape index (κ3) is 5.48. The summed E-state index contributed by atoms with van der Waals surface area (Å²) in [7, 11) is 0. The van der Waals surface area contributed by atoms with Crippen LogP contribution in [0.1, 0.15) is 65.6 Å². The van der Waals surface area contributed by atoms with Crippen molar-refractivity contribution in [2.45, 2.75) is 77.9 Å². The molecule has 3 aliphatic rings. The summed E-state index contributed by atoms with van der Waals surface area (Å²) >= 11 is 0. The Morgan fingerprint density at radius 1 is 1.29 bits per heavy atom. The molecular weight excluding hydrogens is 442 g/mol. The maximum absolute atomic E-state index is 12.0. The molecular formula is C27H37N5O3. The first-order valence-corrected chi connectivity index (χ1v) is 12.4. The quantitative estimate of drug-likeness (QED) is 0.597. The van der Waals surface area contributed by atoms with Crippen LogP contribution in [0.25, 0.3) is 0 Å². The van der Waals surface area contributed by atoms with Crippen molar-refractivity contribution < 1.29 is 14.6 Å². The standard InChI is InChI=1S/C27H37N5O3/c1-17-30-22(28)20-23(31-17)35-26(4,5)21(32-20)19-8-6-12-27(13-7-9-19)14-10-18(11-15-27)16-29-24(33)25(2,3)34/h6-9,12,18,34H,10-11,13-16H2,1-5H3,(H,29,33)(H2,28,30,31)/b9-7-,12-6+,19-8-. The van der Waals surface area contributed by atoms with Crippen molar-refractivity contribution in [3.8, 4) is 5.88 Å². The fourth-order valence-corrected chi connectivity index (χ4v) is 5.03. The number of ether oxygens (including phenoxy) is 1. The van der Waals surface area contributed by atoms with Gasteiger partial charge in [0, 0.05) is 6.54 Å². The minimum atomic E-state index is -1.34. The van der Waals surface area contributed by atoms with Gasteiger partial charge in [0.1, 0.15) is 17.0 Å². The number of fused-ring (bicyclic) bond motifs is 1. The van der Waals surface area contributed by atoms with Crippen LogP contribution in [-0.2, 0) is 4.79 Å². The second kappa shape index (κ2) is 9.22. The molecule has 0 bridgehead atoms. The predicted molar refractivity (Wildman–Crippen MR) is 138 cm³/mol. The van der Waals surface area contributed by atoms with E-state index in [9.17, 15) is 9.90 Å². The maximum atomic E-state index is 12.0. The van der Waals surface area contributed by atoms with E-state index in [1.54, 1.807) is 6.92 Å². The van der Waals surface area contributed by atoms with Gasteiger partial charge in [-0.25, -0.2) is 9.98 Å². The molecule has 8 nitrogen and oxygen atoms in total. The smallest absolute Gasteiger partial charge is 0.251 e. The molecule has 8 heteroatoms. The van der Waals surface area contributed by atoms with Gasteiger partial charge < -0.3 is 20.9 Å². The molecule has 2 aliphatic carbocycles. The topological polar surface area (TPSA) is 123 Å². The van der Waals surface area contributed by atoms with E-state index in [2.05, 4.69) is 45.7 Å². The van der Waals surface area contributed by atoms with Gasteiger partial charge in [-0.15, -0.1) is 0 Å². The molecule has 0 saturated heterocycles. The molecule has 1 aromatic heterocycles. The van der Waals surface area contributed by atoms with Crippen molar-refractivity contribution in [3.05, 3.63) is 41.8 Å². The number of aromatic nitrogens is 2. The molecule has 0 atom stereocenters. The molecule has 1 spiro atoms. The zero-order chi connectivity index (χ0) is 25.4.